The van der Waals surface area contributed by atoms with Gasteiger partial charge in [-0.2, -0.15) is 0 Å². The van der Waals surface area contributed by atoms with Crippen molar-refractivity contribution in [2.24, 2.45) is 5.92 Å². The fourth-order valence-electron chi connectivity index (χ4n) is 1.85. The van der Waals surface area contributed by atoms with Gasteiger partial charge in [0.05, 0.1) is 6.61 Å². The van der Waals surface area contributed by atoms with E-state index in [4.69, 9.17) is 4.74 Å². The van der Waals surface area contributed by atoms with Gasteiger partial charge in [0, 0.05) is 32.2 Å². The minimum atomic E-state index is 0.451. The van der Waals surface area contributed by atoms with Crippen molar-refractivity contribution >= 4 is 11.6 Å². The fraction of sp³-hybridized carbons (Fsp3) is 0.714. The molecule has 19 heavy (non-hydrogen) atoms. The Kier molecular flexibility index (Phi) is 6.56. The molecule has 0 aliphatic rings. The quantitative estimate of drug-likeness (QED) is 0.757. The average Bonchev–Trinajstić information content (AvgIpc) is 2.40. The predicted octanol–water partition coefficient (Wildman–Crippen LogP) is 2.47. The molecule has 108 valence electrons. The highest BCUT2D eigenvalue weighted by atomic mass is 16.5. The first-order valence-electron chi connectivity index (χ1n) is 6.96. The molecule has 1 unspecified atom stereocenters. The summed E-state index contributed by atoms with van der Waals surface area (Å²) in [5, 5.41) is 6.69. The van der Waals surface area contributed by atoms with Crippen molar-refractivity contribution < 1.29 is 4.74 Å². The van der Waals surface area contributed by atoms with Crippen molar-refractivity contribution in [2.45, 2.75) is 34.1 Å². The van der Waals surface area contributed by atoms with Gasteiger partial charge >= 0.3 is 0 Å². The number of hydrogen-bond acceptors (Lipinski definition) is 5. The lowest BCUT2D eigenvalue weighted by atomic mass is 10.2. The molecule has 1 heterocycles. The smallest absolute Gasteiger partial charge is 0.134 e. The Morgan fingerprint density at radius 3 is 2.32 bits per heavy atom. The zero-order valence-corrected chi connectivity index (χ0v) is 12.7. The second-order valence-electron chi connectivity index (χ2n) is 4.79. The second kappa shape index (κ2) is 7.94. The van der Waals surface area contributed by atoms with Crippen LogP contribution >= 0.6 is 0 Å². The maximum Gasteiger partial charge on any atom is 0.134 e. The van der Waals surface area contributed by atoms with Crippen LogP contribution in [0, 0.1) is 12.8 Å². The third-order valence-corrected chi connectivity index (χ3v) is 2.92. The highest BCUT2D eigenvalue weighted by molar-refractivity contribution is 5.57. The lowest BCUT2D eigenvalue weighted by Crippen LogP contribution is -2.18. The number of hydrogen-bond donors (Lipinski definition) is 2. The molecule has 1 rings (SSSR count). The van der Waals surface area contributed by atoms with E-state index < -0.39 is 0 Å². The van der Waals surface area contributed by atoms with Gasteiger partial charge < -0.3 is 15.4 Å². The Morgan fingerprint density at radius 1 is 1.16 bits per heavy atom. The van der Waals surface area contributed by atoms with Crippen LogP contribution in [-0.2, 0) is 11.2 Å². The largest absolute Gasteiger partial charge is 0.384 e. The highest BCUT2D eigenvalue weighted by Gasteiger charge is 2.10. The topological polar surface area (TPSA) is 59.1 Å². The van der Waals surface area contributed by atoms with E-state index in [9.17, 15) is 0 Å². The number of anilines is 2. The normalized spacial score (nSPS) is 12.3. The Hall–Kier alpha value is -1.36. The summed E-state index contributed by atoms with van der Waals surface area (Å²) >= 11 is 0. The van der Waals surface area contributed by atoms with Crippen LogP contribution in [-0.4, -0.2) is 36.8 Å². The van der Waals surface area contributed by atoms with Crippen molar-refractivity contribution in [3.05, 3.63) is 11.4 Å². The van der Waals surface area contributed by atoms with Crippen LogP contribution in [0.3, 0.4) is 0 Å². The van der Waals surface area contributed by atoms with Gasteiger partial charge in [-0.1, -0.05) is 13.8 Å². The molecule has 2 N–H and O–H groups in total. The first-order chi connectivity index (χ1) is 9.12. The zero-order valence-electron chi connectivity index (χ0n) is 12.7. The summed E-state index contributed by atoms with van der Waals surface area (Å²) in [6.45, 7) is 10.8. The van der Waals surface area contributed by atoms with Crippen molar-refractivity contribution in [2.75, 3.05) is 37.4 Å². The lowest BCUT2D eigenvalue weighted by Gasteiger charge is -2.16. The summed E-state index contributed by atoms with van der Waals surface area (Å²) in [4.78, 5) is 9.08. The van der Waals surface area contributed by atoms with E-state index in [2.05, 4.69) is 41.4 Å². The number of rotatable bonds is 8. The van der Waals surface area contributed by atoms with E-state index in [1.165, 1.54) is 0 Å². The summed E-state index contributed by atoms with van der Waals surface area (Å²) in [6, 6.07) is 0. The molecule has 0 bridgehead atoms. The van der Waals surface area contributed by atoms with Gasteiger partial charge in [-0.15, -0.1) is 0 Å². The van der Waals surface area contributed by atoms with Gasteiger partial charge in [-0.05, 0) is 19.8 Å². The Balaban J connectivity index is 2.83. The maximum atomic E-state index is 5.14. The lowest BCUT2D eigenvalue weighted by molar-refractivity contribution is 0.164. The molecular formula is C14H26N4O. The third kappa shape index (κ3) is 4.67. The van der Waals surface area contributed by atoms with Crippen LogP contribution in [0.25, 0.3) is 0 Å². The van der Waals surface area contributed by atoms with Crippen LogP contribution in [0.5, 0.6) is 0 Å². The molecular weight excluding hydrogens is 240 g/mol. The Morgan fingerprint density at radius 2 is 1.79 bits per heavy atom. The molecule has 0 aliphatic heterocycles. The Bertz CT molecular complexity index is 395. The number of nitrogens with zero attached hydrogens (tertiary/aromatic N) is 2. The number of ether oxygens (including phenoxy) is 1. The maximum absolute atomic E-state index is 5.14. The molecule has 0 radical (unpaired) electrons. The second-order valence-corrected chi connectivity index (χ2v) is 4.79. The molecule has 0 saturated heterocycles. The van der Waals surface area contributed by atoms with E-state index in [1.54, 1.807) is 7.11 Å². The molecule has 0 fully saturated rings. The van der Waals surface area contributed by atoms with Gasteiger partial charge in [-0.3, -0.25) is 0 Å². The molecule has 0 spiro atoms. The van der Waals surface area contributed by atoms with Gasteiger partial charge in [0.2, 0.25) is 0 Å². The van der Waals surface area contributed by atoms with Crippen LogP contribution < -0.4 is 10.6 Å². The van der Waals surface area contributed by atoms with Crippen molar-refractivity contribution in [1.82, 2.24) is 9.97 Å². The van der Waals surface area contributed by atoms with Crippen LogP contribution in [0.1, 0.15) is 32.2 Å². The monoisotopic (exact) mass is 266 g/mol. The molecule has 1 atom stereocenters. The zero-order chi connectivity index (χ0) is 14.3. The first kappa shape index (κ1) is 15.7. The predicted molar refractivity (Wildman–Crippen MR) is 79.8 cm³/mol. The molecule has 0 aliphatic carbocycles. The van der Waals surface area contributed by atoms with Gasteiger partial charge in [0.15, 0.2) is 0 Å². The van der Waals surface area contributed by atoms with Gasteiger partial charge in [0.25, 0.3) is 0 Å². The third-order valence-electron chi connectivity index (χ3n) is 2.92. The number of methoxy groups -OCH3 is 1. The summed E-state index contributed by atoms with van der Waals surface area (Å²) < 4.78 is 5.14. The number of aromatic nitrogens is 2. The standard InChI is InChI=1S/C14H26N4O/c1-6-12-17-13(15-7-2)11(4)14(18-12)16-8-10(3)9-19-5/h10H,6-9H2,1-5H3,(H2,15,16,17,18). The van der Waals surface area contributed by atoms with E-state index in [1.807, 2.05) is 6.92 Å². The van der Waals surface area contributed by atoms with Crippen molar-refractivity contribution in [3.63, 3.8) is 0 Å². The van der Waals surface area contributed by atoms with Crippen molar-refractivity contribution in [3.8, 4) is 0 Å². The molecule has 5 heteroatoms. The minimum Gasteiger partial charge on any atom is -0.384 e. The summed E-state index contributed by atoms with van der Waals surface area (Å²) in [6.07, 6.45) is 0.834. The SMILES string of the molecule is CCNc1nc(CC)nc(NCC(C)COC)c1C. The molecule has 0 saturated carbocycles. The van der Waals surface area contributed by atoms with Gasteiger partial charge in [-0.25, -0.2) is 9.97 Å². The first-order valence-corrected chi connectivity index (χ1v) is 6.96. The fourth-order valence-corrected chi connectivity index (χ4v) is 1.85. The highest BCUT2D eigenvalue weighted by Crippen LogP contribution is 2.20. The van der Waals surface area contributed by atoms with E-state index in [0.717, 1.165) is 49.1 Å². The van der Waals surface area contributed by atoms with E-state index in [0.29, 0.717) is 5.92 Å². The van der Waals surface area contributed by atoms with E-state index in [-0.39, 0.29) is 0 Å². The van der Waals surface area contributed by atoms with Crippen LogP contribution in [0.2, 0.25) is 0 Å². The molecule has 0 aromatic carbocycles. The molecule has 1 aromatic rings. The van der Waals surface area contributed by atoms with Gasteiger partial charge in [0.1, 0.15) is 17.5 Å². The van der Waals surface area contributed by atoms with E-state index >= 15 is 0 Å². The number of nitrogens with one attached hydrogen (secondary N) is 2. The Labute approximate surface area is 116 Å². The van der Waals surface area contributed by atoms with Crippen LogP contribution in [0.4, 0.5) is 11.6 Å². The van der Waals surface area contributed by atoms with Crippen LogP contribution in [0.15, 0.2) is 0 Å². The molecule has 1 aromatic heterocycles. The average molecular weight is 266 g/mol. The summed E-state index contributed by atoms with van der Waals surface area (Å²) in [7, 11) is 1.73. The molecule has 5 nitrogen and oxygen atoms in total. The summed E-state index contributed by atoms with van der Waals surface area (Å²) in [5.41, 5.74) is 1.07. The van der Waals surface area contributed by atoms with Crippen molar-refractivity contribution in [1.29, 1.82) is 0 Å². The molecule has 0 amide bonds. The summed E-state index contributed by atoms with van der Waals surface area (Å²) in [5.74, 6) is 3.16. The minimum absolute atomic E-state index is 0.451. The number of aryl methyl sites for hydroxylation is 1.